The second-order valence-corrected chi connectivity index (χ2v) is 6.85. The summed E-state index contributed by atoms with van der Waals surface area (Å²) in [7, 11) is 0. The third-order valence-electron chi connectivity index (χ3n) is 3.80. The van der Waals surface area contributed by atoms with Gasteiger partial charge in [-0.1, -0.05) is 24.6 Å². The molecule has 0 bridgehead atoms. The number of hydrogen-bond donors (Lipinski definition) is 2. The second kappa shape index (κ2) is 7.04. The van der Waals surface area contributed by atoms with Crippen LogP contribution in [0.5, 0.6) is 0 Å². The Morgan fingerprint density at radius 2 is 2.40 bits per heavy atom. The van der Waals surface area contributed by atoms with Gasteiger partial charge in [-0.15, -0.1) is 11.3 Å². The Hall–Kier alpha value is -1.13. The summed E-state index contributed by atoms with van der Waals surface area (Å²) in [6.45, 7) is 5.34. The lowest BCUT2D eigenvalue weighted by Gasteiger charge is -2.27. The van der Waals surface area contributed by atoms with Crippen LogP contribution in [0.1, 0.15) is 44.0 Å². The molecule has 0 aliphatic heterocycles. The SMILES string of the molecule is CC1=CC(C)CC(CNC(CC(=O)O)c2cccs2)C1. The quantitative estimate of drug-likeness (QED) is 0.783. The Bertz CT molecular complexity index is 467. The highest BCUT2D eigenvalue weighted by atomic mass is 32.1. The first-order chi connectivity index (χ1) is 9.54. The van der Waals surface area contributed by atoms with Crippen molar-refractivity contribution in [3.05, 3.63) is 34.0 Å². The van der Waals surface area contributed by atoms with Gasteiger partial charge >= 0.3 is 5.97 Å². The number of carboxylic acid groups (broad SMARTS) is 1. The van der Waals surface area contributed by atoms with Crippen molar-refractivity contribution in [3.63, 3.8) is 0 Å². The summed E-state index contributed by atoms with van der Waals surface area (Å²) < 4.78 is 0. The van der Waals surface area contributed by atoms with Crippen molar-refractivity contribution in [1.82, 2.24) is 5.32 Å². The number of thiophene rings is 1. The van der Waals surface area contributed by atoms with Crippen LogP contribution in [0, 0.1) is 11.8 Å². The number of rotatable bonds is 6. The predicted molar refractivity (Wildman–Crippen MR) is 83.0 cm³/mol. The van der Waals surface area contributed by atoms with Crippen molar-refractivity contribution < 1.29 is 9.90 Å². The maximum atomic E-state index is 11.0. The lowest BCUT2D eigenvalue weighted by molar-refractivity contribution is -0.137. The molecule has 0 radical (unpaired) electrons. The largest absolute Gasteiger partial charge is 0.481 e. The van der Waals surface area contributed by atoms with E-state index in [-0.39, 0.29) is 12.5 Å². The van der Waals surface area contributed by atoms with Gasteiger partial charge in [-0.05, 0) is 49.6 Å². The fourth-order valence-electron chi connectivity index (χ4n) is 3.09. The molecule has 0 fully saturated rings. The molecule has 2 rings (SSSR count). The molecule has 20 heavy (non-hydrogen) atoms. The molecule has 3 unspecified atom stereocenters. The van der Waals surface area contributed by atoms with Gasteiger partial charge in [-0.2, -0.15) is 0 Å². The van der Waals surface area contributed by atoms with E-state index in [1.807, 2.05) is 17.5 Å². The highest BCUT2D eigenvalue weighted by Crippen LogP contribution is 2.29. The van der Waals surface area contributed by atoms with Crippen LogP contribution in [-0.2, 0) is 4.79 Å². The van der Waals surface area contributed by atoms with E-state index in [0.717, 1.165) is 17.8 Å². The fourth-order valence-corrected chi connectivity index (χ4v) is 3.89. The predicted octanol–water partition coefficient (Wildman–Crippen LogP) is 3.85. The van der Waals surface area contributed by atoms with Gasteiger partial charge in [-0.3, -0.25) is 4.79 Å². The summed E-state index contributed by atoms with van der Waals surface area (Å²) in [5, 5.41) is 14.5. The minimum Gasteiger partial charge on any atom is -0.481 e. The molecule has 3 nitrogen and oxygen atoms in total. The van der Waals surface area contributed by atoms with Crippen LogP contribution in [0.2, 0.25) is 0 Å². The van der Waals surface area contributed by atoms with E-state index in [4.69, 9.17) is 5.11 Å². The molecule has 1 aromatic rings. The average molecular weight is 293 g/mol. The van der Waals surface area contributed by atoms with E-state index < -0.39 is 5.97 Å². The van der Waals surface area contributed by atoms with E-state index in [0.29, 0.717) is 11.8 Å². The molecule has 2 N–H and O–H groups in total. The van der Waals surface area contributed by atoms with Gasteiger partial charge in [0.1, 0.15) is 0 Å². The summed E-state index contributed by atoms with van der Waals surface area (Å²) >= 11 is 1.62. The molecule has 0 saturated heterocycles. The van der Waals surface area contributed by atoms with Crippen LogP contribution in [-0.4, -0.2) is 17.6 Å². The number of aliphatic carboxylic acids is 1. The topological polar surface area (TPSA) is 49.3 Å². The number of carboxylic acids is 1. The summed E-state index contributed by atoms with van der Waals surface area (Å²) in [5.41, 5.74) is 1.46. The van der Waals surface area contributed by atoms with Gasteiger partial charge in [0.2, 0.25) is 0 Å². The maximum absolute atomic E-state index is 11.0. The molecule has 1 aromatic heterocycles. The van der Waals surface area contributed by atoms with Crippen LogP contribution in [0.3, 0.4) is 0 Å². The van der Waals surface area contributed by atoms with E-state index in [2.05, 4.69) is 25.2 Å². The van der Waals surface area contributed by atoms with Gasteiger partial charge in [0.25, 0.3) is 0 Å². The summed E-state index contributed by atoms with van der Waals surface area (Å²) in [4.78, 5) is 12.1. The Balaban J connectivity index is 1.92. The zero-order chi connectivity index (χ0) is 14.5. The number of allylic oxidation sites excluding steroid dienone is 2. The Labute approximate surface area is 124 Å². The van der Waals surface area contributed by atoms with E-state index >= 15 is 0 Å². The molecule has 0 saturated carbocycles. The molecule has 0 aromatic carbocycles. The van der Waals surface area contributed by atoms with E-state index in [1.165, 1.54) is 12.0 Å². The smallest absolute Gasteiger partial charge is 0.305 e. The monoisotopic (exact) mass is 293 g/mol. The van der Waals surface area contributed by atoms with E-state index in [9.17, 15) is 4.79 Å². The van der Waals surface area contributed by atoms with Crippen molar-refractivity contribution in [2.45, 2.75) is 39.2 Å². The van der Waals surface area contributed by atoms with Crippen LogP contribution in [0.4, 0.5) is 0 Å². The first-order valence-corrected chi connectivity index (χ1v) is 8.08. The Morgan fingerprint density at radius 3 is 3.00 bits per heavy atom. The first-order valence-electron chi connectivity index (χ1n) is 7.20. The first kappa shape index (κ1) is 15.3. The fraction of sp³-hybridized carbons (Fsp3) is 0.562. The number of hydrogen-bond acceptors (Lipinski definition) is 3. The number of nitrogens with one attached hydrogen (secondary N) is 1. The summed E-state index contributed by atoms with van der Waals surface area (Å²) in [5.74, 6) is 0.505. The standard InChI is InChI=1S/C16H23NO2S/c1-11-6-12(2)8-13(7-11)10-17-14(9-16(18)19)15-4-3-5-20-15/h3-6,11,13-14,17H,7-10H2,1-2H3,(H,18,19). The molecule has 0 spiro atoms. The van der Waals surface area contributed by atoms with Crippen molar-refractivity contribution in [2.24, 2.45) is 11.8 Å². The van der Waals surface area contributed by atoms with Crippen molar-refractivity contribution in [2.75, 3.05) is 6.54 Å². The minimum atomic E-state index is -0.746. The molecular formula is C16H23NO2S. The molecular weight excluding hydrogens is 270 g/mol. The maximum Gasteiger partial charge on any atom is 0.305 e. The van der Waals surface area contributed by atoms with Crippen LogP contribution in [0.15, 0.2) is 29.2 Å². The third-order valence-corrected chi connectivity index (χ3v) is 4.79. The van der Waals surface area contributed by atoms with Crippen molar-refractivity contribution in [3.8, 4) is 0 Å². The van der Waals surface area contributed by atoms with Gasteiger partial charge < -0.3 is 10.4 Å². The Morgan fingerprint density at radius 1 is 1.60 bits per heavy atom. The van der Waals surface area contributed by atoms with Crippen LogP contribution in [0.25, 0.3) is 0 Å². The molecule has 3 atom stereocenters. The van der Waals surface area contributed by atoms with Crippen molar-refractivity contribution >= 4 is 17.3 Å². The second-order valence-electron chi connectivity index (χ2n) is 5.87. The lowest BCUT2D eigenvalue weighted by Crippen LogP contribution is -2.30. The molecule has 1 aliphatic carbocycles. The van der Waals surface area contributed by atoms with Crippen molar-refractivity contribution in [1.29, 1.82) is 0 Å². The number of carbonyl (C=O) groups is 1. The van der Waals surface area contributed by atoms with Gasteiger partial charge in [0.15, 0.2) is 0 Å². The van der Waals surface area contributed by atoms with E-state index in [1.54, 1.807) is 11.3 Å². The van der Waals surface area contributed by atoms with Gasteiger partial charge in [-0.25, -0.2) is 0 Å². The third kappa shape index (κ3) is 4.46. The van der Waals surface area contributed by atoms with Crippen LogP contribution >= 0.6 is 11.3 Å². The minimum absolute atomic E-state index is 0.0611. The molecule has 110 valence electrons. The Kier molecular flexibility index (Phi) is 5.38. The van der Waals surface area contributed by atoms with Gasteiger partial charge in [0, 0.05) is 4.88 Å². The summed E-state index contributed by atoms with van der Waals surface area (Å²) in [6, 6.07) is 3.93. The van der Waals surface area contributed by atoms with Gasteiger partial charge in [0.05, 0.1) is 12.5 Å². The highest BCUT2D eigenvalue weighted by molar-refractivity contribution is 7.10. The van der Waals surface area contributed by atoms with Crippen LogP contribution < -0.4 is 5.32 Å². The summed E-state index contributed by atoms with van der Waals surface area (Å²) in [6.07, 6.45) is 4.82. The molecule has 1 aliphatic rings. The lowest BCUT2D eigenvalue weighted by atomic mass is 9.83. The normalized spacial score (nSPS) is 24.2. The molecule has 1 heterocycles. The zero-order valence-corrected chi connectivity index (χ0v) is 13.0. The average Bonchev–Trinajstić information content (AvgIpc) is 2.86. The molecule has 4 heteroatoms. The zero-order valence-electron chi connectivity index (χ0n) is 12.1. The highest BCUT2D eigenvalue weighted by Gasteiger charge is 2.21. The molecule has 0 amide bonds.